The van der Waals surface area contributed by atoms with Crippen LogP contribution in [0.3, 0.4) is 0 Å². The van der Waals surface area contributed by atoms with Crippen molar-refractivity contribution in [2.24, 2.45) is 0 Å². The molecule has 0 heterocycles. The van der Waals surface area contributed by atoms with Crippen LogP contribution in [0, 0.1) is 17.0 Å². The lowest BCUT2D eigenvalue weighted by Crippen LogP contribution is -2.09. The zero-order chi connectivity index (χ0) is 17.9. The van der Waals surface area contributed by atoms with E-state index in [-0.39, 0.29) is 31.1 Å². The van der Waals surface area contributed by atoms with E-state index in [9.17, 15) is 19.7 Å². The molecule has 7 heteroatoms. The molecular weight excluding hydrogens is 314 g/mol. The van der Waals surface area contributed by atoms with Crippen LogP contribution >= 0.6 is 0 Å². The maximum absolute atomic E-state index is 11.6. The summed E-state index contributed by atoms with van der Waals surface area (Å²) in [6, 6.07) is 4.57. The van der Waals surface area contributed by atoms with Crippen LogP contribution in [-0.2, 0) is 25.7 Å². The van der Waals surface area contributed by atoms with Crippen LogP contribution in [0.4, 0.5) is 5.69 Å². The molecule has 0 aromatic heterocycles. The first-order chi connectivity index (χ1) is 11.4. The first kappa shape index (κ1) is 19.6. The van der Waals surface area contributed by atoms with Gasteiger partial charge < -0.3 is 9.47 Å². The summed E-state index contributed by atoms with van der Waals surface area (Å²) in [7, 11) is 0. The third kappa shape index (κ3) is 7.21. The Morgan fingerprint density at radius 1 is 1.12 bits per heavy atom. The fourth-order valence-electron chi connectivity index (χ4n) is 2.03. The number of nitro benzene ring substituents is 1. The summed E-state index contributed by atoms with van der Waals surface area (Å²) < 4.78 is 10.1. The largest absolute Gasteiger partial charge is 0.466 e. The summed E-state index contributed by atoms with van der Waals surface area (Å²) in [4.78, 5) is 33.3. The van der Waals surface area contributed by atoms with Crippen molar-refractivity contribution in [1.29, 1.82) is 0 Å². The Morgan fingerprint density at radius 2 is 1.79 bits per heavy atom. The maximum Gasteiger partial charge on any atom is 0.306 e. The monoisotopic (exact) mass is 337 g/mol. The van der Waals surface area contributed by atoms with Gasteiger partial charge in [-0.1, -0.05) is 13.3 Å². The third-order valence-corrected chi connectivity index (χ3v) is 3.38. The minimum absolute atomic E-state index is 0.0339. The minimum atomic E-state index is -0.454. The van der Waals surface area contributed by atoms with Gasteiger partial charge in [0, 0.05) is 24.5 Å². The van der Waals surface area contributed by atoms with Crippen molar-refractivity contribution < 1.29 is 24.0 Å². The molecule has 1 rings (SSSR count). The van der Waals surface area contributed by atoms with Gasteiger partial charge in [0.15, 0.2) is 0 Å². The Labute approximate surface area is 141 Å². The highest BCUT2D eigenvalue weighted by Crippen LogP contribution is 2.19. The van der Waals surface area contributed by atoms with Gasteiger partial charge in [0.05, 0.1) is 11.5 Å². The number of nitrogens with zero attached hydrogens (tertiary/aromatic N) is 1. The summed E-state index contributed by atoms with van der Waals surface area (Å²) >= 11 is 0. The van der Waals surface area contributed by atoms with E-state index >= 15 is 0 Å². The molecule has 0 fully saturated rings. The van der Waals surface area contributed by atoms with Crippen LogP contribution in [0.2, 0.25) is 0 Å². The lowest BCUT2D eigenvalue weighted by molar-refractivity contribution is -0.385. The summed E-state index contributed by atoms with van der Waals surface area (Å²) in [6.07, 6.45) is 2.50. The van der Waals surface area contributed by atoms with Crippen LogP contribution < -0.4 is 0 Å². The standard InChI is InChI=1S/C17H23NO6/c1-3-4-10-23-16(19)6-5-7-17(20)24-12-14-8-9-15(18(21)22)13(2)11-14/h8-9,11H,3-7,10,12H2,1-2H3. The quantitative estimate of drug-likeness (QED) is 0.281. The van der Waals surface area contributed by atoms with E-state index in [0.717, 1.165) is 12.8 Å². The van der Waals surface area contributed by atoms with Crippen LogP contribution in [0.5, 0.6) is 0 Å². The molecule has 0 bridgehead atoms. The van der Waals surface area contributed by atoms with Crippen molar-refractivity contribution in [3.8, 4) is 0 Å². The molecule has 1 aromatic carbocycles. The SMILES string of the molecule is CCCCOC(=O)CCCC(=O)OCc1ccc([N+](=O)[O-])c(C)c1. The molecule has 0 saturated heterocycles. The van der Waals surface area contributed by atoms with Crippen LogP contribution in [0.1, 0.15) is 50.2 Å². The number of carbonyl (C=O) groups is 2. The van der Waals surface area contributed by atoms with Crippen molar-refractivity contribution in [3.05, 3.63) is 39.4 Å². The number of hydrogen-bond donors (Lipinski definition) is 0. The van der Waals surface area contributed by atoms with Gasteiger partial charge in [0.1, 0.15) is 6.61 Å². The van der Waals surface area contributed by atoms with Gasteiger partial charge >= 0.3 is 11.9 Å². The van der Waals surface area contributed by atoms with E-state index < -0.39 is 10.9 Å². The molecule has 0 radical (unpaired) electrons. The van der Waals surface area contributed by atoms with Gasteiger partial charge in [0.25, 0.3) is 5.69 Å². The molecule has 0 N–H and O–H groups in total. The number of esters is 2. The molecule has 1 aromatic rings. The molecule has 24 heavy (non-hydrogen) atoms. The summed E-state index contributed by atoms with van der Waals surface area (Å²) in [6.45, 7) is 4.11. The Bertz CT molecular complexity index is 584. The van der Waals surface area contributed by atoms with E-state index in [2.05, 4.69) is 0 Å². The number of unbranched alkanes of at least 4 members (excludes halogenated alkanes) is 1. The van der Waals surface area contributed by atoms with E-state index in [4.69, 9.17) is 9.47 Å². The van der Waals surface area contributed by atoms with Gasteiger partial charge in [-0.15, -0.1) is 0 Å². The Morgan fingerprint density at radius 3 is 2.38 bits per heavy atom. The molecule has 132 valence electrons. The second-order valence-corrected chi connectivity index (χ2v) is 5.47. The van der Waals surface area contributed by atoms with Crippen LogP contribution in [-0.4, -0.2) is 23.5 Å². The Balaban J connectivity index is 2.28. The van der Waals surface area contributed by atoms with Crippen LogP contribution in [0.25, 0.3) is 0 Å². The van der Waals surface area contributed by atoms with Crippen molar-refractivity contribution in [3.63, 3.8) is 0 Å². The molecule has 0 atom stereocenters. The topological polar surface area (TPSA) is 95.7 Å². The van der Waals surface area contributed by atoms with Crippen molar-refractivity contribution in [2.75, 3.05) is 6.61 Å². The second kappa shape index (κ2) is 10.4. The number of ether oxygens (including phenoxy) is 2. The number of aryl methyl sites for hydroxylation is 1. The molecular formula is C17H23NO6. The van der Waals surface area contributed by atoms with Crippen molar-refractivity contribution in [1.82, 2.24) is 0 Å². The van der Waals surface area contributed by atoms with Crippen LogP contribution in [0.15, 0.2) is 18.2 Å². The van der Waals surface area contributed by atoms with Gasteiger partial charge in [-0.2, -0.15) is 0 Å². The first-order valence-electron chi connectivity index (χ1n) is 7.99. The zero-order valence-corrected chi connectivity index (χ0v) is 14.1. The predicted octanol–water partition coefficient (Wildman–Crippen LogP) is 3.46. The van der Waals surface area contributed by atoms with E-state index in [1.165, 1.54) is 6.07 Å². The third-order valence-electron chi connectivity index (χ3n) is 3.38. The molecule has 7 nitrogen and oxygen atoms in total. The molecule has 0 aliphatic carbocycles. The van der Waals surface area contributed by atoms with E-state index in [0.29, 0.717) is 24.2 Å². The molecule has 0 aliphatic heterocycles. The predicted molar refractivity (Wildman–Crippen MR) is 87.3 cm³/mol. The molecule has 0 spiro atoms. The van der Waals surface area contributed by atoms with E-state index in [1.807, 2.05) is 6.92 Å². The van der Waals surface area contributed by atoms with Gasteiger partial charge in [-0.05, 0) is 37.5 Å². The average molecular weight is 337 g/mol. The summed E-state index contributed by atoms with van der Waals surface area (Å²) in [5, 5.41) is 10.7. The number of carbonyl (C=O) groups excluding carboxylic acids is 2. The second-order valence-electron chi connectivity index (χ2n) is 5.47. The molecule has 0 saturated carbocycles. The highest BCUT2D eigenvalue weighted by atomic mass is 16.6. The summed E-state index contributed by atoms with van der Waals surface area (Å²) in [5.41, 5.74) is 1.24. The highest BCUT2D eigenvalue weighted by Gasteiger charge is 2.11. The summed E-state index contributed by atoms with van der Waals surface area (Å²) in [5.74, 6) is -0.713. The number of rotatable bonds is 10. The molecule has 0 aliphatic rings. The van der Waals surface area contributed by atoms with Crippen molar-refractivity contribution >= 4 is 17.6 Å². The number of benzene rings is 1. The van der Waals surface area contributed by atoms with E-state index in [1.54, 1.807) is 19.1 Å². The number of hydrogen-bond acceptors (Lipinski definition) is 6. The lowest BCUT2D eigenvalue weighted by Gasteiger charge is -2.06. The minimum Gasteiger partial charge on any atom is -0.466 e. The first-order valence-corrected chi connectivity index (χ1v) is 7.99. The fraction of sp³-hybridized carbons (Fsp3) is 0.529. The number of nitro groups is 1. The van der Waals surface area contributed by atoms with Gasteiger partial charge in [-0.25, -0.2) is 0 Å². The normalized spacial score (nSPS) is 10.2. The van der Waals surface area contributed by atoms with Gasteiger partial charge in [0.2, 0.25) is 0 Å². The lowest BCUT2D eigenvalue weighted by atomic mass is 10.1. The highest BCUT2D eigenvalue weighted by molar-refractivity contribution is 5.72. The smallest absolute Gasteiger partial charge is 0.306 e. The van der Waals surface area contributed by atoms with Crippen molar-refractivity contribution in [2.45, 2.75) is 52.6 Å². The molecule has 0 unspecified atom stereocenters. The Hall–Kier alpha value is -2.44. The molecule has 0 amide bonds. The van der Waals surface area contributed by atoms with Gasteiger partial charge in [-0.3, -0.25) is 19.7 Å². The Kier molecular flexibility index (Phi) is 8.46. The average Bonchev–Trinajstić information content (AvgIpc) is 2.53. The zero-order valence-electron chi connectivity index (χ0n) is 14.1. The fourth-order valence-corrected chi connectivity index (χ4v) is 2.03. The maximum atomic E-state index is 11.6.